The number of nitrogens with one attached hydrogen (secondary N) is 2. The first-order valence-electron chi connectivity index (χ1n) is 7.23. The normalized spacial score (nSPS) is 31.1. The zero-order chi connectivity index (χ0) is 12.1. The van der Waals surface area contributed by atoms with Gasteiger partial charge in [0, 0.05) is 19.0 Å². The van der Waals surface area contributed by atoms with E-state index < -0.39 is 0 Å². The van der Waals surface area contributed by atoms with E-state index in [0.29, 0.717) is 12.5 Å². The van der Waals surface area contributed by atoms with Crippen LogP contribution in [-0.2, 0) is 4.79 Å². The van der Waals surface area contributed by atoms with Crippen LogP contribution < -0.4 is 10.6 Å². The molecule has 2 aliphatic carbocycles. The molecule has 3 atom stereocenters. The summed E-state index contributed by atoms with van der Waals surface area (Å²) in [5.41, 5.74) is 0. The summed E-state index contributed by atoms with van der Waals surface area (Å²) in [5, 5.41) is 6.23. The van der Waals surface area contributed by atoms with Crippen molar-refractivity contribution in [2.45, 2.75) is 57.4 Å². The molecule has 2 fully saturated rings. The molecule has 0 radical (unpaired) electrons. The summed E-state index contributed by atoms with van der Waals surface area (Å²) in [7, 11) is 1.89. The highest BCUT2D eigenvalue weighted by molar-refractivity contribution is 5.85. The SMILES string of the molecule is CNCCC(=O)NC1CCC2CCCCC2C1.Cl. The maximum Gasteiger partial charge on any atom is 0.221 e. The molecule has 0 aliphatic heterocycles. The predicted molar refractivity (Wildman–Crippen MR) is 77.0 cm³/mol. The predicted octanol–water partition coefficient (Wildman–Crippen LogP) is 2.49. The van der Waals surface area contributed by atoms with Gasteiger partial charge in [-0.05, 0) is 38.1 Å². The Morgan fingerprint density at radius 3 is 2.56 bits per heavy atom. The standard InChI is InChI=1S/C14H26N2O.ClH/c1-15-9-8-14(17)16-13-7-6-11-4-2-3-5-12(11)10-13;/h11-13,15H,2-10H2,1H3,(H,16,17);1H. The highest BCUT2D eigenvalue weighted by Gasteiger charge is 2.32. The molecule has 0 saturated heterocycles. The van der Waals surface area contributed by atoms with Crippen LogP contribution in [0, 0.1) is 11.8 Å². The van der Waals surface area contributed by atoms with Gasteiger partial charge < -0.3 is 10.6 Å². The van der Waals surface area contributed by atoms with Gasteiger partial charge in [-0.2, -0.15) is 0 Å². The highest BCUT2D eigenvalue weighted by Crippen LogP contribution is 2.40. The zero-order valence-corrected chi connectivity index (χ0v) is 12.2. The molecular weight excluding hydrogens is 248 g/mol. The number of halogens is 1. The van der Waals surface area contributed by atoms with Crippen molar-refractivity contribution in [1.82, 2.24) is 10.6 Å². The second-order valence-corrected chi connectivity index (χ2v) is 5.74. The first-order valence-corrected chi connectivity index (χ1v) is 7.23. The molecule has 0 aromatic carbocycles. The average molecular weight is 275 g/mol. The number of amides is 1. The molecule has 0 aromatic heterocycles. The van der Waals surface area contributed by atoms with Crippen molar-refractivity contribution in [3.63, 3.8) is 0 Å². The van der Waals surface area contributed by atoms with Crippen LogP contribution in [0.2, 0.25) is 0 Å². The summed E-state index contributed by atoms with van der Waals surface area (Å²) >= 11 is 0. The fraction of sp³-hybridized carbons (Fsp3) is 0.929. The minimum Gasteiger partial charge on any atom is -0.353 e. The molecule has 2 rings (SSSR count). The Morgan fingerprint density at radius 1 is 1.11 bits per heavy atom. The van der Waals surface area contributed by atoms with E-state index in [2.05, 4.69) is 10.6 Å². The van der Waals surface area contributed by atoms with Crippen molar-refractivity contribution in [1.29, 1.82) is 0 Å². The molecule has 106 valence electrons. The lowest BCUT2D eigenvalue weighted by Gasteiger charge is -2.39. The van der Waals surface area contributed by atoms with Gasteiger partial charge >= 0.3 is 0 Å². The molecule has 0 spiro atoms. The average Bonchev–Trinajstić information content (AvgIpc) is 2.36. The number of rotatable bonds is 4. The highest BCUT2D eigenvalue weighted by atomic mass is 35.5. The molecule has 3 nitrogen and oxygen atoms in total. The van der Waals surface area contributed by atoms with Gasteiger partial charge in [-0.15, -0.1) is 12.4 Å². The van der Waals surface area contributed by atoms with Gasteiger partial charge in [0.1, 0.15) is 0 Å². The molecule has 18 heavy (non-hydrogen) atoms. The van der Waals surface area contributed by atoms with E-state index in [0.717, 1.165) is 18.4 Å². The first kappa shape index (κ1) is 15.8. The molecule has 0 bridgehead atoms. The van der Waals surface area contributed by atoms with E-state index in [1.165, 1.54) is 44.9 Å². The van der Waals surface area contributed by atoms with E-state index in [-0.39, 0.29) is 18.3 Å². The molecule has 2 N–H and O–H groups in total. The molecular formula is C14H27ClN2O. The molecule has 1 amide bonds. The van der Waals surface area contributed by atoms with Crippen LogP contribution >= 0.6 is 12.4 Å². The number of carbonyl (C=O) groups excluding carboxylic acids is 1. The Labute approximate surface area is 117 Å². The minimum absolute atomic E-state index is 0. The third-order valence-corrected chi connectivity index (χ3v) is 4.51. The van der Waals surface area contributed by atoms with Crippen molar-refractivity contribution >= 4 is 18.3 Å². The van der Waals surface area contributed by atoms with Crippen molar-refractivity contribution in [2.75, 3.05) is 13.6 Å². The minimum atomic E-state index is 0. The molecule has 4 heteroatoms. The van der Waals surface area contributed by atoms with E-state index in [1.54, 1.807) is 0 Å². The summed E-state index contributed by atoms with van der Waals surface area (Å²) in [6.45, 7) is 0.782. The molecule has 0 aromatic rings. The second-order valence-electron chi connectivity index (χ2n) is 5.74. The van der Waals surface area contributed by atoms with E-state index in [9.17, 15) is 4.79 Å². The van der Waals surface area contributed by atoms with Gasteiger partial charge in [0.05, 0.1) is 0 Å². The van der Waals surface area contributed by atoms with Gasteiger partial charge in [-0.3, -0.25) is 4.79 Å². The van der Waals surface area contributed by atoms with Gasteiger partial charge in [0.15, 0.2) is 0 Å². The van der Waals surface area contributed by atoms with Crippen LogP contribution in [-0.4, -0.2) is 25.5 Å². The van der Waals surface area contributed by atoms with Gasteiger partial charge in [0.25, 0.3) is 0 Å². The van der Waals surface area contributed by atoms with Crippen molar-refractivity contribution in [3.8, 4) is 0 Å². The third kappa shape index (κ3) is 4.43. The fourth-order valence-corrected chi connectivity index (χ4v) is 3.54. The second kappa shape index (κ2) is 8.00. The quantitative estimate of drug-likeness (QED) is 0.827. The zero-order valence-electron chi connectivity index (χ0n) is 11.4. The van der Waals surface area contributed by atoms with Crippen LogP contribution in [0.5, 0.6) is 0 Å². The van der Waals surface area contributed by atoms with Crippen molar-refractivity contribution in [3.05, 3.63) is 0 Å². The smallest absolute Gasteiger partial charge is 0.221 e. The van der Waals surface area contributed by atoms with Gasteiger partial charge in [0.2, 0.25) is 5.91 Å². The summed E-state index contributed by atoms with van der Waals surface area (Å²) in [6, 6.07) is 0.457. The molecule has 3 unspecified atom stereocenters. The van der Waals surface area contributed by atoms with Crippen LogP contribution in [0.15, 0.2) is 0 Å². The summed E-state index contributed by atoms with van der Waals surface area (Å²) in [5.74, 6) is 2.08. The topological polar surface area (TPSA) is 41.1 Å². The fourth-order valence-electron chi connectivity index (χ4n) is 3.54. The lowest BCUT2D eigenvalue weighted by atomic mass is 9.69. The Bertz CT molecular complexity index is 260. The Morgan fingerprint density at radius 2 is 1.83 bits per heavy atom. The summed E-state index contributed by atoms with van der Waals surface area (Å²) in [4.78, 5) is 11.7. The summed E-state index contributed by atoms with van der Waals surface area (Å²) < 4.78 is 0. The van der Waals surface area contributed by atoms with Gasteiger partial charge in [-0.1, -0.05) is 25.7 Å². The number of carbonyl (C=O) groups is 1. The Hall–Kier alpha value is -0.280. The Balaban J connectivity index is 0.00000162. The van der Waals surface area contributed by atoms with Crippen LogP contribution in [0.25, 0.3) is 0 Å². The number of hydrogen-bond donors (Lipinski definition) is 2. The maximum absolute atomic E-state index is 11.7. The van der Waals surface area contributed by atoms with Gasteiger partial charge in [-0.25, -0.2) is 0 Å². The van der Waals surface area contributed by atoms with E-state index >= 15 is 0 Å². The van der Waals surface area contributed by atoms with Crippen LogP contribution in [0.4, 0.5) is 0 Å². The molecule has 0 heterocycles. The third-order valence-electron chi connectivity index (χ3n) is 4.51. The number of fused-ring (bicyclic) bond motifs is 1. The van der Waals surface area contributed by atoms with Crippen molar-refractivity contribution in [2.24, 2.45) is 11.8 Å². The first-order chi connectivity index (χ1) is 8.29. The van der Waals surface area contributed by atoms with Crippen molar-refractivity contribution < 1.29 is 4.79 Å². The van der Waals surface area contributed by atoms with E-state index in [1.807, 2.05) is 7.05 Å². The largest absolute Gasteiger partial charge is 0.353 e. The molecule has 2 saturated carbocycles. The molecule has 2 aliphatic rings. The maximum atomic E-state index is 11.7. The summed E-state index contributed by atoms with van der Waals surface area (Å²) in [6.07, 6.45) is 10.0. The number of hydrogen-bond acceptors (Lipinski definition) is 2. The Kier molecular flexibility index (Phi) is 7.02. The van der Waals surface area contributed by atoms with Crippen LogP contribution in [0.3, 0.4) is 0 Å². The van der Waals surface area contributed by atoms with E-state index in [4.69, 9.17) is 0 Å². The monoisotopic (exact) mass is 274 g/mol. The lowest BCUT2D eigenvalue weighted by Crippen LogP contribution is -2.42. The lowest BCUT2D eigenvalue weighted by molar-refractivity contribution is -0.122. The van der Waals surface area contributed by atoms with Crippen LogP contribution in [0.1, 0.15) is 51.4 Å².